The maximum Gasteiger partial charge on any atom is 0.251 e. The number of carbonyl (C=O) groups excluding carboxylic acids is 1. The van der Waals surface area contributed by atoms with Crippen LogP contribution < -0.4 is 10.1 Å². The molecule has 140 valence electrons. The summed E-state index contributed by atoms with van der Waals surface area (Å²) in [7, 11) is 0. The normalized spacial score (nSPS) is 16.2. The molecule has 1 aromatic heterocycles. The van der Waals surface area contributed by atoms with Crippen LogP contribution in [0, 0.1) is 0 Å². The number of nitrogens with one attached hydrogen (secondary N) is 1. The average Bonchev–Trinajstić information content (AvgIpc) is 3.22. The summed E-state index contributed by atoms with van der Waals surface area (Å²) in [6.07, 6.45) is 4.75. The predicted octanol–water partition coefficient (Wildman–Crippen LogP) is 4.49. The van der Waals surface area contributed by atoms with E-state index in [0.29, 0.717) is 18.7 Å². The van der Waals surface area contributed by atoms with Gasteiger partial charge in [0, 0.05) is 17.0 Å². The van der Waals surface area contributed by atoms with E-state index in [9.17, 15) is 4.79 Å². The number of amides is 1. The Kier molecular flexibility index (Phi) is 7.09. The van der Waals surface area contributed by atoms with Crippen molar-refractivity contribution >= 4 is 17.2 Å². The number of rotatable bonds is 8. The predicted molar refractivity (Wildman–Crippen MR) is 107 cm³/mol. The van der Waals surface area contributed by atoms with Crippen LogP contribution in [0.1, 0.15) is 53.9 Å². The van der Waals surface area contributed by atoms with E-state index in [1.165, 1.54) is 24.1 Å². The Balaban J connectivity index is 1.64. The summed E-state index contributed by atoms with van der Waals surface area (Å²) < 4.78 is 5.64. The van der Waals surface area contributed by atoms with Gasteiger partial charge in [0.05, 0.1) is 12.6 Å². The fraction of sp³-hybridized carbons (Fsp3) is 0.476. The third-order valence-corrected chi connectivity index (χ3v) is 5.70. The monoisotopic (exact) mass is 372 g/mol. The van der Waals surface area contributed by atoms with E-state index in [4.69, 9.17) is 4.74 Å². The van der Waals surface area contributed by atoms with Crippen molar-refractivity contribution in [2.75, 3.05) is 26.2 Å². The SMILES string of the molecule is CCCOc1cccc(C(=O)NCC(c2cccs2)N2CCCCC2)c1. The molecule has 2 heterocycles. The second-order valence-electron chi connectivity index (χ2n) is 6.71. The summed E-state index contributed by atoms with van der Waals surface area (Å²) in [6.45, 7) is 5.60. The average molecular weight is 373 g/mol. The van der Waals surface area contributed by atoms with Crippen molar-refractivity contribution in [3.05, 3.63) is 52.2 Å². The molecule has 1 aliphatic heterocycles. The minimum absolute atomic E-state index is 0.0366. The molecular formula is C21H28N2O2S. The van der Waals surface area contributed by atoms with Gasteiger partial charge < -0.3 is 10.1 Å². The summed E-state index contributed by atoms with van der Waals surface area (Å²) in [4.78, 5) is 16.5. The van der Waals surface area contributed by atoms with Crippen molar-refractivity contribution in [2.24, 2.45) is 0 Å². The third-order valence-electron chi connectivity index (χ3n) is 4.73. The molecule has 5 heteroatoms. The van der Waals surface area contributed by atoms with Gasteiger partial charge in [-0.1, -0.05) is 25.5 Å². The highest BCUT2D eigenvalue weighted by Crippen LogP contribution is 2.27. The van der Waals surface area contributed by atoms with Gasteiger partial charge in [-0.3, -0.25) is 9.69 Å². The smallest absolute Gasteiger partial charge is 0.251 e. The zero-order valence-electron chi connectivity index (χ0n) is 15.4. The maximum atomic E-state index is 12.6. The van der Waals surface area contributed by atoms with Crippen molar-refractivity contribution in [1.82, 2.24) is 10.2 Å². The largest absolute Gasteiger partial charge is 0.494 e. The first-order valence-corrected chi connectivity index (χ1v) is 10.4. The minimum atomic E-state index is -0.0366. The molecular weight excluding hydrogens is 344 g/mol. The van der Waals surface area contributed by atoms with Gasteiger partial charge >= 0.3 is 0 Å². The Morgan fingerprint density at radius 2 is 2.08 bits per heavy atom. The molecule has 1 aromatic carbocycles. The fourth-order valence-corrected chi connectivity index (χ4v) is 4.22. The second-order valence-corrected chi connectivity index (χ2v) is 7.69. The number of piperidine rings is 1. The number of hydrogen-bond donors (Lipinski definition) is 1. The highest BCUT2D eigenvalue weighted by atomic mass is 32.1. The van der Waals surface area contributed by atoms with E-state index in [1.807, 2.05) is 24.3 Å². The van der Waals surface area contributed by atoms with Gasteiger partial charge in [0.15, 0.2) is 0 Å². The lowest BCUT2D eigenvalue weighted by Gasteiger charge is -2.34. The van der Waals surface area contributed by atoms with Crippen LogP contribution in [0.5, 0.6) is 5.75 Å². The molecule has 4 nitrogen and oxygen atoms in total. The highest BCUT2D eigenvalue weighted by Gasteiger charge is 2.23. The van der Waals surface area contributed by atoms with Gasteiger partial charge in [-0.05, 0) is 62.0 Å². The molecule has 3 rings (SSSR count). The summed E-state index contributed by atoms with van der Waals surface area (Å²) >= 11 is 1.77. The lowest BCUT2D eigenvalue weighted by molar-refractivity contribution is 0.0925. The molecule has 0 spiro atoms. The first-order chi connectivity index (χ1) is 12.8. The van der Waals surface area contributed by atoms with Crippen LogP contribution in [0.2, 0.25) is 0 Å². The molecule has 1 atom stereocenters. The summed E-state index contributed by atoms with van der Waals surface area (Å²) in [6, 6.07) is 12.0. The van der Waals surface area contributed by atoms with Gasteiger partial charge in [0.2, 0.25) is 0 Å². The first kappa shape index (κ1) is 18.9. The lowest BCUT2D eigenvalue weighted by Crippen LogP contribution is -2.40. The van der Waals surface area contributed by atoms with Crippen LogP contribution >= 0.6 is 11.3 Å². The van der Waals surface area contributed by atoms with Crippen LogP contribution in [0.15, 0.2) is 41.8 Å². The zero-order valence-corrected chi connectivity index (χ0v) is 16.3. The van der Waals surface area contributed by atoms with Crippen LogP contribution in [-0.4, -0.2) is 37.0 Å². The Morgan fingerprint density at radius 3 is 2.81 bits per heavy atom. The van der Waals surface area contributed by atoms with E-state index in [-0.39, 0.29) is 11.9 Å². The molecule has 1 aliphatic rings. The van der Waals surface area contributed by atoms with Gasteiger partial charge in [0.25, 0.3) is 5.91 Å². The lowest BCUT2D eigenvalue weighted by atomic mass is 10.1. The molecule has 26 heavy (non-hydrogen) atoms. The number of thiophene rings is 1. The molecule has 1 amide bonds. The molecule has 1 fully saturated rings. The standard InChI is InChI=1S/C21H28N2O2S/c1-2-13-25-18-9-6-8-17(15-18)21(24)22-16-19(20-10-7-14-26-20)23-11-4-3-5-12-23/h6-10,14-15,19H,2-5,11-13,16H2,1H3,(H,22,24). The number of likely N-dealkylation sites (tertiary alicyclic amines) is 1. The van der Waals surface area contributed by atoms with Crippen molar-refractivity contribution < 1.29 is 9.53 Å². The van der Waals surface area contributed by atoms with E-state index < -0.39 is 0 Å². The van der Waals surface area contributed by atoms with Crippen LogP contribution in [-0.2, 0) is 0 Å². The van der Waals surface area contributed by atoms with Gasteiger partial charge in [-0.15, -0.1) is 11.3 Å². The molecule has 0 radical (unpaired) electrons. The Hall–Kier alpha value is -1.85. The zero-order chi connectivity index (χ0) is 18.2. The fourth-order valence-electron chi connectivity index (χ4n) is 3.36. The van der Waals surface area contributed by atoms with Crippen molar-refractivity contribution in [1.29, 1.82) is 0 Å². The topological polar surface area (TPSA) is 41.6 Å². The molecule has 0 saturated carbocycles. The number of carbonyl (C=O) groups is 1. The quantitative estimate of drug-likeness (QED) is 0.742. The molecule has 1 N–H and O–H groups in total. The van der Waals surface area contributed by atoms with Crippen molar-refractivity contribution in [2.45, 2.75) is 38.6 Å². The van der Waals surface area contributed by atoms with E-state index in [2.05, 4.69) is 34.7 Å². The second kappa shape index (κ2) is 9.74. The molecule has 0 aliphatic carbocycles. The summed E-state index contributed by atoms with van der Waals surface area (Å²) in [5.41, 5.74) is 0.655. The molecule has 1 saturated heterocycles. The van der Waals surface area contributed by atoms with Crippen molar-refractivity contribution in [3.8, 4) is 5.75 Å². The van der Waals surface area contributed by atoms with E-state index in [1.54, 1.807) is 11.3 Å². The maximum absolute atomic E-state index is 12.6. The highest BCUT2D eigenvalue weighted by molar-refractivity contribution is 7.10. The molecule has 1 unspecified atom stereocenters. The Labute approximate surface area is 160 Å². The number of nitrogens with zero attached hydrogens (tertiary/aromatic N) is 1. The Bertz CT molecular complexity index is 681. The number of ether oxygens (including phenoxy) is 1. The number of benzene rings is 1. The van der Waals surface area contributed by atoms with E-state index in [0.717, 1.165) is 25.3 Å². The molecule has 0 bridgehead atoms. The van der Waals surface area contributed by atoms with Crippen LogP contribution in [0.25, 0.3) is 0 Å². The van der Waals surface area contributed by atoms with Gasteiger partial charge in [0.1, 0.15) is 5.75 Å². The third kappa shape index (κ3) is 5.08. The summed E-state index contributed by atoms with van der Waals surface area (Å²) in [5.74, 6) is 0.718. The van der Waals surface area contributed by atoms with E-state index >= 15 is 0 Å². The number of hydrogen-bond acceptors (Lipinski definition) is 4. The first-order valence-electron chi connectivity index (χ1n) is 9.56. The van der Waals surface area contributed by atoms with Gasteiger partial charge in [-0.2, -0.15) is 0 Å². The van der Waals surface area contributed by atoms with Crippen LogP contribution in [0.3, 0.4) is 0 Å². The minimum Gasteiger partial charge on any atom is -0.494 e. The van der Waals surface area contributed by atoms with Crippen LogP contribution in [0.4, 0.5) is 0 Å². The molecule has 2 aromatic rings. The Morgan fingerprint density at radius 1 is 1.23 bits per heavy atom. The van der Waals surface area contributed by atoms with Gasteiger partial charge in [-0.25, -0.2) is 0 Å². The summed E-state index contributed by atoms with van der Waals surface area (Å²) in [5, 5.41) is 5.25. The van der Waals surface area contributed by atoms with Crippen molar-refractivity contribution in [3.63, 3.8) is 0 Å².